The first-order valence-electron chi connectivity index (χ1n) is 26.6. The van der Waals surface area contributed by atoms with Gasteiger partial charge in [-0.15, -0.1) is 0 Å². The summed E-state index contributed by atoms with van der Waals surface area (Å²) in [5.74, 6) is 0.705. The monoisotopic (exact) mass is 1090 g/mol. The predicted molar refractivity (Wildman–Crippen MR) is 297 cm³/mol. The number of oxime groups is 1. The van der Waals surface area contributed by atoms with Gasteiger partial charge in [0.1, 0.15) is 30.6 Å². The molecular formula is C56H81N3O13SSi2. The first-order chi connectivity index (χ1) is 35.7. The number of carbonyl (C=O) groups excluding carboxylic acids is 1. The van der Waals surface area contributed by atoms with E-state index in [-0.39, 0.29) is 60.3 Å². The van der Waals surface area contributed by atoms with E-state index in [4.69, 9.17) is 52.0 Å². The molecule has 3 aromatic carbocycles. The Bertz CT molecular complexity index is 2430. The number of nitro benzene ring substituents is 1. The van der Waals surface area contributed by atoms with Crippen LogP contribution < -0.4 is 0 Å². The number of nitro groups is 1. The van der Waals surface area contributed by atoms with Gasteiger partial charge in [0.05, 0.1) is 53.0 Å². The molecule has 3 aliphatic heterocycles. The van der Waals surface area contributed by atoms with Gasteiger partial charge in [-0.25, -0.2) is 4.79 Å². The third-order valence-corrected chi connectivity index (χ3v) is 26.0. The number of para-hydroxylation sites is 1. The van der Waals surface area contributed by atoms with Crippen molar-refractivity contribution < 1.29 is 56.6 Å². The molecule has 19 heteroatoms. The van der Waals surface area contributed by atoms with Crippen LogP contribution in [0.25, 0.3) is 11.1 Å². The lowest BCUT2D eigenvalue weighted by molar-refractivity contribution is -0.386. The van der Waals surface area contributed by atoms with E-state index >= 15 is 0 Å². The van der Waals surface area contributed by atoms with Gasteiger partial charge in [-0.2, -0.15) is 11.8 Å². The summed E-state index contributed by atoms with van der Waals surface area (Å²) in [5.41, 5.74) is 5.26. The molecule has 0 bridgehead atoms. The second-order valence-corrected chi connectivity index (χ2v) is 32.2. The number of rotatable bonds is 21. The van der Waals surface area contributed by atoms with Crippen LogP contribution in [0.1, 0.15) is 98.3 Å². The average Bonchev–Trinajstić information content (AvgIpc) is 3.70. The maximum absolute atomic E-state index is 14.3. The van der Waals surface area contributed by atoms with Crippen molar-refractivity contribution in [1.82, 2.24) is 4.90 Å². The Hall–Kier alpha value is -4.16. The smallest absolute Gasteiger partial charge is 0.410 e. The zero-order chi connectivity index (χ0) is 54.4. The van der Waals surface area contributed by atoms with E-state index in [0.29, 0.717) is 11.3 Å². The van der Waals surface area contributed by atoms with Crippen LogP contribution in [0, 0.1) is 10.1 Å². The zero-order valence-corrected chi connectivity index (χ0v) is 49.3. The zero-order valence-electron chi connectivity index (χ0n) is 46.4. The predicted octanol–water partition coefficient (Wildman–Crippen LogP) is 12.2. The number of thioether (sulfide) groups is 1. The molecule has 0 N–H and O–H groups in total. The molecule has 75 heavy (non-hydrogen) atoms. The largest absolute Gasteiger partial charge is 0.546 e. The lowest BCUT2D eigenvalue weighted by atomic mass is 9.98. The molecule has 10 atom stereocenters. The molecule has 3 aromatic rings. The lowest BCUT2D eigenvalue weighted by Gasteiger charge is -2.47. The van der Waals surface area contributed by atoms with Crippen LogP contribution >= 0.6 is 11.8 Å². The fourth-order valence-electron chi connectivity index (χ4n) is 10.4. The van der Waals surface area contributed by atoms with Gasteiger partial charge >= 0.3 is 6.09 Å². The van der Waals surface area contributed by atoms with Gasteiger partial charge in [0.2, 0.25) is 14.6 Å². The summed E-state index contributed by atoms with van der Waals surface area (Å²) >= 11 is 1.67. The van der Waals surface area contributed by atoms with Crippen molar-refractivity contribution in [2.24, 2.45) is 5.16 Å². The molecule has 2 saturated heterocycles. The van der Waals surface area contributed by atoms with Gasteiger partial charge in [-0.05, 0) is 98.5 Å². The standard InChI is InChI=1S/C56H81N3O13SSi2/c1-15-75(16-2,17-3)72-51-50(57-70-49-31-47(53(73-12)37(7)67-49)71-74(13,14)56(8,9)10)36(6)68-54(65-32-38-24-18-23-29-44(38)59(61)62)52(51)69-48-30-46(63-11)45(34-64-48)58(35(4)5)55(60)66-33-43-41-27-21-19-25-39(41)40-26-20-22-28-42(40)43/h18-29,31,35-37,43,45-46,48-49,51-54H,15-17,30,32-34H2,1-14H3/b57-50+/t36-,37-,45+,46+,48+,49+,51+,52-,53-,54-/m1/s1. The summed E-state index contributed by atoms with van der Waals surface area (Å²) in [6, 6.07) is 24.6. The fraction of sp³-hybridized carbons (Fsp3) is 0.607. The molecule has 0 unspecified atom stereocenters. The summed E-state index contributed by atoms with van der Waals surface area (Å²) in [7, 11) is -3.13. The molecule has 0 spiro atoms. The molecule has 0 aromatic heterocycles. The number of methoxy groups -OCH3 is 1. The number of nitrogens with zero attached hydrogens (tertiary/aromatic N) is 3. The van der Waals surface area contributed by atoms with Crippen molar-refractivity contribution in [3.63, 3.8) is 0 Å². The van der Waals surface area contributed by atoms with Gasteiger partial charge < -0.3 is 46.8 Å². The van der Waals surface area contributed by atoms with Crippen LogP contribution in [0.2, 0.25) is 36.3 Å². The molecule has 16 nitrogen and oxygen atoms in total. The Morgan fingerprint density at radius 3 is 2.16 bits per heavy atom. The summed E-state index contributed by atoms with van der Waals surface area (Å²) in [6.45, 7) is 25.3. The normalized spacial score (nSPS) is 26.9. The Labute approximate surface area is 450 Å². The van der Waals surface area contributed by atoms with Crippen LogP contribution in [0.15, 0.2) is 89.8 Å². The summed E-state index contributed by atoms with van der Waals surface area (Å²) < 4.78 is 60.1. The molecule has 0 saturated carbocycles. The quantitative estimate of drug-likeness (QED) is 0.0561. The first kappa shape index (κ1) is 58.5. The minimum atomic E-state index is -2.50. The fourth-order valence-corrected chi connectivity index (χ4v) is 15.1. The number of fused-ring (bicyclic) bond motifs is 3. The highest BCUT2D eigenvalue weighted by Gasteiger charge is 2.51. The Kier molecular flexibility index (Phi) is 19.6. The van der Waals surface area contributed by atoms with Crippen LogP contribution in [0.3, 0.4) is 0 Å². The van der Waals surface area contributed by atoms with E-state index in [2.05, 4.69) is 78.9 Å². The third-order valence-electron chi connectivity index (χ3n) is 15.9. The van der Waals surface area contributed by atoms with Gasteiger partial charge in [-0.3, -0.25) is 15.0 Å². The number of carbonyl (C=O) groups is 1. The van der Waals surface area contributed by atoms with E-state index in [0.717, 1.165) is 46.1 Å². The second kappa shape index (κ2) is 25.1. The number of amides is 1. The van der Waals surface area contributed by atoms with E-state index in [1.807, 2.05) is 64.3 Å². The summed E-state index contributed by atoms with van der Waals surface area (Å²) in [6.07, 6.45) is -2.66. The van der Waals surface area contributed by atoms with E-state index < -0.39 is 77.0 Å². The topological polar surface area (TPSA) is 168 Å². The molecular weight excluding hydrogens is 1010 g/mol. The summed E-state index contributed by atoms with van der Waals surface area (Å²) in [4.78, 5) is 34.1. The van der Waals surface area contributed by atoms with Crippen LogP contribution in [-0.4, -0.2) is 132 Å². The molecule has 0 radical (unpaired) electrons. The van der Waals surface area contributed by atoms with E-state index in [9.17, 15) is 14.9 Å². The number of ether oxygens (including phenoxy) is 7. The Morgan fingerprint density at radius 1 is 0.947 bits per heavy atom. The van der Waals surface area contributed by atoms with Gasteiger partial charge in [0.15, 0.2) is 20.9 Å². The molecule has 4 aliphatic rings. The van der Waals surface area contributed by atoms with Crippen LogP contribution in [0.5, 0.6) is 0 Å². The molecule has 7 rings (SSSR count). The van der Waals surface area contributed by atoms with Crippen molar-refractivity contribution in [3.05, 3.63) is 111 Å². The Balaban J connectivity index is 1.18. The lowest BCUT2D eigenvalue weighted by Crippen LogP contribution is -2.62. The highest BCUT2D eigenvalue weighted by Crippen LogP contribution is 2.45. The number of hydrogen-bond acceptors (Lipinski definition) is 15. The minimum absolute atomic E-state index is 0.0375. The maximum Gasteiger partial charge on any atom is 0.410 e. The van der Waals surface area contributed by atoms with Crippen molar-refractivity contribution in [2.75, 3.05) is 26.6 Å². The number of hydrogen-bond donors (Lipinski definition) is 0. The summed E-state index contributed by atoms with van der Waals surface area (Å²) in [5, 5.41) is 16.9. The SMILES string of the molecule is CC[Si](CC)(CC)O[C@H]1/C(=N/O[C@H]2C=C(O[Si](C)(C)C(C)(C)C)[C@H](SC)[C@@H](C)O2)[C@@H](C)O[C@@H](OCc2ccccc2[N+](=O)[O-])[C@@H]1O[C@H]1C[C@H](OC)[C@@H](N(C(=O)OCC2c3ccccc3-c3ccccc32)C(C)C)CO1. The molecule has 2 fully saturated rings. The minimum Gasteiger partial charge on any atom is -0.546 e. The van der Waals surface area contributed by atoms with Crippen LogP contribution in [0.4, 0.5) is 10.5 Å². The van der Waals surface area contributed by atoms with Gasteiger partial charge in [0.25, 0.3) is 5.69 Å². The third kappa shape index (κ3) is 13.1. The van der Waals surface area contributed by atoms with Crippen molar-refractivity contribution >= 4 is 45.9 Å². The number of benzene rings is 3. The average molecular weight is 1090 g/mol. The highest BCUT2D eigenvalue weighted by atomic mass is 32.2. The molecule has 1 aliphatic carbocycles. The molecule has 3 heterocycles. The highest BCUT2D eigenvalue weighted by molar-refractivity contribution is 7.99. The van der Waals surface area contributed by atoms with E-state index in [1.54, 1.807) is 42.0 Å². The van der Waals surface area contributed by atoms with Crippen LogP contribution in [-0.2, 0) is 53.5 Å². The molecule has 1 amide bonds. The first-order valence-corrected chi connectivity index (χ1v) is 33.4. The second-order valence-electron chi connectivity index (χ2n) is 21.8. The van der Waals surface area contributed by atoms with E-state index in [1.165, 1.54) is 6.07 Å². The maximum atomic E-state index is 14.3. The van der Waals surface area contributed by atoms with Crippen molar-refractivity contribution in [2.45, 2.75) is 191 Å². The van der Waals surface area contributed by atoms with Gasteiger partial charge in [0, 0.05) is 37.6 Å². The van der Waals surface area contributed by atoms with Gasteiger partial charge in [-0.1, -0.05) is 107 Å². The molecule has 412 valence electrons. The Morgan fingerprint density at radius 2 is 1.57 bits per heavy atom. The van der Waals surface area contributed by atoms with Crippen molar-refractivity contribution in [1.29, 1.82) is 0 Å². The van der Waals surface area contributed by atoms with Crippen molar-refractivity contribution in [3.8, 4) is 11.1 Å².